The van der Waals surface area contributed by atoms with Crippen molar-refractivity contribution in [3.05, 3.63) is 71.1 Å². The normalized spacial score (nSPS) is 15.5. The van der Waals surface area contributed by atoms with Crippen molar-refractivity contribution in [2.24, 2.45) is 0 Å². The molecule has 5 rings (SSSR count). The first kappa shape index (κ1) is 22.5. The number of hydrogen-bond acceptors (Lipinski definition) is 7. The topological polar surface area (TPSA) is 117 Å². The number of phenols is 1. The van der Waals surface area contributed by atoms with Crippen LogP contribution in [0.25, 0.3) is 11.0 Å². The van der Waals surface area contributed by atoms with E-state index < -0.39 is 10.0 Å². The van der Waals surface area contributed by atoms with E-state index in [0.29, 0.717) is 31.5 Å². The number of amides is 1. The molecule has 0 saturated carbocycles. The van der Waals surface area contributed by atoms with Crippen LogP contribution in [0.4, 0.5) is 0 Å². The third-order valence-electron chi connectivity index (χ3n) is 5.91. The molecule has 3 heterocycles. The van der Waals surface area contributed by atoms with Crippen molar-refractivity contribution in [1.29, 1.82) is 0 Å². The van der Waals surface area contributed by atoms with E-state index in [-0.39, 0.29) is 28.5 Å². The van der Waals surface area contributed by atoms with Crippen LogP contribution in [0.2, 0.25) is 0 Å². The van der Waals surface area contributed by atoms with Crippen molar-refractivity contribution in [3.8, 4) is 5.75 Å². The van der Waals surface area contributed by atoms with Gasteiger partial charge in [0.25, 0.3) is 15.9 Å². The highest BCUT2D eigenvalue weighted by Gasteiger charge is 2.32. The van der Waals surface area contributed by atoms with Crippen LogP contribution in [-0.4, -0.2) is 51.8 Å². The Hall–Kier alpha value is -3.28. The standard InChI is InChI=1S/C23H23N5O4S2/c29-18-5-3-4-16(14-18)23(30)24-15-19-8-9-22(33-19)34(31,32)27-12-10-17(11-13-27)28-21-7-2-1-6-20(21)25-26-28/h1-9,14,17,29H,10-13,15H2,(H,24,30). The molecule has 1 aliphatic heterocycles. The monoisotopic (exact) mass is 497 g/mol. The number of phenolic OH excluding ortho intramolecular Hbond substituents is 1. The summed E-state index contributed by atoms with van der Waals surface area (Å²) in [5.41, 5.74) is 2.13. The Labute approximate surface area is 200 Å². The largest absolute Gasteiger partial charge is 0.508 e. The number of nitrogens with one attached hydrogen (secondary N) is 1. The molecule has 0 spiro atoms. The van der Waals surface area contributed by atoms with Gasteiger partial charge in [0.15, 0.2) is 0 Å². The fourth-order valence-electron chi connectivity index (χ4n) is 4.12. The van der Waals surface area contributed by atoms with Gasteiger partial charge in [-0.15, -0.1) is 16.4 Å². The summed E-state index contributed by atoms with van der Waals surface area (Å²) in [5.74, 6) is -0.325. The number of para-hydroxylation sites is 1. The molecule has 1 aliphatic rings. The van der Waals surface area contributed by atoms with Crippen LogP contribution in [-0.2, 0) is 16.6 Å². The molecule has 1 fully saturated rings. The van der Waals surface area contributed by atoms with Crippen molar-refractivity contribution in [1.82, 2.24) is 24.6 Å². The maximum atomic E-state index is 13.2. The molecule has 4 aromatic rings. The molecule has 2 N–H and O–H groups in total. The van der Waals surface area contributed by atoms with E-state index in [0.717, 1.165) is 27.2 Å². The molecule has 34 heavy (non-hydrogen) atoms. The number of sulfonamides is 1. The van der Waals surface area contributed by atoms with Gasteiger partial charge in [-0.25, -0.2) is 13.1 Å². The summed E-state index contributed by atoms with van der Waals surface area (Å²) >= 11 is 1.15. The first-order valence-corrected chi connectivity index (χ1v) is 13.1. The zero-order chi connectivity index (χ0) is 23.7. The average Bonchev–Trinajstić information content (AvgIpc) is 3.50. The Morgan fingerprint density at radius 3 is 2.68 bits per heavy atom. The predicted molar refractivity (Wildman–Crippen MR) is 128 cm³/mol. The number of hydrogen-bond donors (Lipinski definition) is 2. The van der Waals surface area contributed by atoms with Crippen LogP contribution < -0.4 is 5.32 Å². The van der Waals surface area contributed by atoms with Gasteiger partial charge in [-0.1, -0.05) is 23.4 Å². The van der Waals surface area contributed by atoms with Gasteiger partial charge in [0, 0.05) is 23.5 Å². The average molecular weight is 498 g/mol. The Morgan fingerprint density at radius 1 is 1.09 bits per heavy atom. The van der Waals surface area contributed by atoms with E-state index in [2.05, 4.69) is 15.6 Å². The van der Waals surface area contributed by atoms with Crippen LogP contribution in [0.3, 0.4) is 0 Å². The summed E-state index contributed by atoms with van der Waals surface area (Å²) < 4.78 is 30.1. The van der Waals surface area contributed by atoms with Crippen LogP contribution in [0.5, 0.6) is 5.75 Å². The molecule has 11 heteroatoms. The quantitative estimate of drug-likeness (QED) is 0.423. The summed E-state index contributed by atoms with van der Waals surface area (Å²) in [6, 6.07) is 17.2. The second-order valence-corrected chi connectivity index (χ2v) is 11.4. The van der Waals surface area contributed by atoms with Crippen molar-refractivity contribution >= 4 is 38.3 Å². The Kier molecular flexibility index (Phi) is 6.07. The lowest BCUT2D eigenvalue weighted by atomic mass is 10.1. The first-order valence-electron chi connectivity index (χ1n) is 10.9. The molecule has 1 amide bonds. The highest BCUT2D eigenvalue weighted by Crippen LogP contribution is 2.31. The number of piperidine rings is 1. The van der Waals surface area contributed by atoms with Crippen molar-refractivity contribution in [2.75, 3.05) is 13.1 Å². The molecular formula is C23H23N5O4S2. The molecular weight excluding hydrogens is 474 g/mol. The second-order valence-electron chi connectivity index (χ2n) is 8.11. The Balaban J connectivity index is 1.21. The maximum absolute atomic E-state index is 13.2. The first-order chi connectivity index (χ1) is 16.4. The molecule has 176 valence electrons. The molecule has 9 nitrogen and oxygen atoms in total. The second kappa shape index (κ2) is 9.16. The van der Waals surface area contributed by atoms with E-state index in [1.165, 1.54) is 16.4 Å². The SMILES string of the molecule is O=C(NCc1ccc(S(=O)(=O)N2CCC(n3nnc4ccccc43)CC2)s1)c1cccc(O)c1. The summed E-state index contributed by atoms with van der Waals surface area (Å²) in [5, 5.41) is 20.8. The van der Waals surface area contributed by atoms with E-state index in [1.807, 2.05) is 28.9 Å². The zero-order valence-electron chi connectivity index (χ0n) is 18.2. The Bertz CT molecular complexity index is 1440. The lowest BCUT2D eigenvalue weighted by molar-refractivity contribution is 0.0951. The third kappa shape index (κ3) is 4.41. The van der Waals surface area contributed by atoms with Gasteiger partial charge in [-0.3, -0.25) is 4.79 Å². The summed E-state index contributed by atoms with van der Waals surface area (Å²) in [6.07, 6.45) is 1.32. The highest BCUT2D eigenvalue weighted by molar-refractivity contribution is 7.91. The minimum absolute atomic E-state index is 0.0120. The Morgan fingerprint density at radius 2 is 1.88 bits per heavy atom. The van der Waals surface area contributed by atoms with Crippen molar-refractivity contribution in [3.63, 3.8) is 0 Å². The molecule has 0 atom stereocenters. The number of nitrogens with zero attached hydrogens (tertiary/aromatic N) is 4. The predicted octanol–water partition coefficient (Wildman–Crippen LogP) is 3.15. The van der Waals surface area contributed by atoms with Crippen LogP contribution >= 0.6 is 11.3 Å². The summed E-state index contributed by atoms with van der Waals surface area (Å²) in [6.45, 7) is 1.02. The zero-order valence-corrected chi connectivity index (χ0v) is 19.8. The molecule has 1 saturated heterocycles. The van der Waals surface area contributed by atoms with Gasteiger partial charge < -0.3 is 10.4 Å². The minimum atomic E-state index is -3.61. The molecule has 0 radical (unpaired) electrons. The number of aromatic nitrogens is 3. The van der Waals surface area contributed by atoms with Crippen molar-refractivity contribution in [2.45, 2.75) is 29.6 Å². The van der Waals surface area contributed by atoms with Gasteiger partial charge in [0.05, 0.1) is 18.1 Å². The fraction of sp³-hybridized carbons (Fsp3) is 0.261. The number of aromatic hydroxyl groups is 1. The number of benzene rings is 2. The molecule has 2 aromatic heterocycles. The molecule has 0 unspecified atom stereocenters. The number of carbonyl (C=O) groups is 1. The molecule has 2 aromatic carbocycles. The maximum Gasteiger partial charge on any atom is 0.252 e. The van der Waals surface area contributed by atoms with Crippen LogP contribution in [0.15, 0.2) is 64.9 Å². The van der Waals surface area contributed by atoms with Gasteiger partial charge in [0.2, 0.25) is 0 Å². The molecule has 0 bridgehead atoms. The number of thiophene rings is 1. The van der Waals surface area contributed by atoms with E-state index in [9.17, 15) is 18.3 Å². The fourth-order valence-corrected chi connectivity index (χ4v) is 7.04. The van der Waals surface area contributed by atoms with E-state index in [1.54, 1.807) is 24.3 Å². The molecule has 0 aliphatic carbocycles. The van der Waals surface area contributed by atoms with Gasteiger partial charge in [-0.2, -0.15) is 4.31 Å². The lowest BCUT2D eigenvalue weighted by Gasteiger charge is -2.30. The number of rotatable bonds is 6. The number of carbonyl (C=O) groups excluding carboxylic acids is 1. The van der Waals surface area contributed by atoms with E-state index >= 15 is 0 Å². The summed E-state index contributed by atoms with van der Waals surface area (Å²) in [7, 11) is -3.61. The minimum Gasteiger partial charge on any atom is -0.508 e. The van der Waals surface area contributed by atoms with Gasteiger partial charge >= 0.3 is 0 Å². The van der Waals surface area contributed by atoms with Gasteiger partial charge in [0.1, 0.15) is 15.5 Å². The highest BCUT2D eigenvalue weighted by atomic mass is 32.2. The smallest absolute Gasteiger partial charge is 0.252 e. The summed E-state index contributed by atoms with van der Waals surface area (Å²) in [4.78, 5) is 13.0. The van der Waals surface area contributed by atoms with Crippen molar-refractivity contribution < 1.29 is 18.3 Å². The van der Waals surface area contributed by atoms with Crippen LogP contribution in [0.1, 0.15) is 34.1 Å². The third-order valence-corrected chi connectivity index (χ3v) is 9.36. The van der Waals surface area contributed by atoms with E-state index in [4.69, 9.17) is 0 Å². The van der Waals surface area contributed by atoms with Crippen LogP contribution in [0, 0.1) is 0 Å². The lowest BCUT2D eigenvalue weighted by Crippen LogP contribution is -2.38. The van der Waals surface area contributed by atoms with Gasteiger partial charge in [-0.05, 0) is 55.3 Å². The number of fused-ring (bicyclic) bond motifs is 1.